The maximum atomic E-state index is 6.19. The molecule has 2 rings (SSSR count). The number of morpholine rings is 1. The van der Waals surface area contributed by atoms with E-state index in [-0.39, 0.29) is 6.10 Å². The Morgan fingerprint density at radius 1 is 1.50 bits per heavy atom. The average molecular weight is 289 g/mol. The van der Waals surface area contributed by atoms with Crippen molar-refractivity contribution in [2.75, 3.05) is 13.2 Å². The summed E-state index contributed by atoms with van der Waals surface area (Å²) >= 11 is 12.0. The zero-order chi connectivity index (χ0) is 13.1. The number of ether oxygens (including phenoxy) is 1. The Morgan fingerprint density at radius 2 is 2.28 bits per heavy atom. The SMILES string of the molecule is CCC1COC(C)CN1Cc1cnc(Cl)cc1Cl. The maximum Gasteiger partial charge on any atom is 0.130 e. The van der Waals surface area contributed by atoms with Gasteiger partial charge >= 0.3 is 0 Å². The van der Waals surface area contributed by atoms with Crippen molar-refractivity contribution in [1.29, 1.82) is 0 Å². The van der Waals surface area contributed by atoms with Crippen LogP contribution in [0.3, 0.4) is 0 Å². The summed E-state index contributed by atoms with van der Waals surface area (Å²) in [4.78, 5) is 6.51. The Hall–Kier alpha value is -0.350. The molecule has 100 valence electrons. The Balaban J connectivity index is 2.10. The van der Waals surface area contributed by atoms with Crippen molar-refractivity contribution in [3.8, 4) is 0 Å². The van der Waals surface area contributed by atoms with Gasteiger partial charge in [0.05, 0.1) is 12.7 Å². The lowest BCUT2D eigenvalue weighted by molar-refractivity contribution is -0.0592. The van der Waals surface area contributed by atoms with Gasteiger partial charge in [-0.3, -0.25) is 4.90 Å². The summed E-state index contributed by atoms with van der Waals surface area (Å²) in [6, 6.07) is 2.15. The molecule has 1 aliphatic rings. The van der Waals surface area contributed by atoms with Gasteiger partial charge in [0.2, 0.25) is 0 Å². The van der Waals surface area contributed by atoms with Crippen LogP contribution >= 0.6 is 23.2 Å². The van der Waals surface area contributed by atoms with E-state index in [9.17, 15) is 0 Å². The molecule has 0 aromatic carbocycles. The molecule has 1 aliphatic heterocycles. The van der Waals surface area contributed by atoms with Gasteiger partial charge in [0.25, 0.3) is 0 Å². The molecule has 1 fully saturated rings. The molecule has 2 unspecified atom stereocenters. The third-order valence-electron chi connectivity index (χ3n) is 3.32. The first-order valence-electron chi connectivity index (χ1n) is 6.25. The normalized spacial score (nSPS) is 25.3. The van der Waals surface area contributed by atoms with E-state index in [1.165, 1.54) is 0 Å². The van der Waals surface area contributed by atoms with Gasteiger partial charge in [-0.2, -0.15) is 0 Å². The van der Waals surface area contributed by atoms with E-state index in [0.717, 1.165) is 31.7 Å². The lowest BCUT2D eigenvalue weighted by atomic mass is 10.1. The van der Waals surface area contributed by atoms with Gasteiger partial charge in [0, 0.05) is 35.9 Å². The van der Waals surface area contributed by atoms with E-state index < -0.39 is 0 Å². The van der Waals surface area contributed by atoms with Crippen molar-refractivity contribution >= 4 is 23.2 Å². The molecule has 0 aliphatic carbocycles. The highest BCUT2D eigenvalue weighted by molar-refractivity contribution is 6.34. The monoisotopic (exact) mass is 288 g/mol. The van der Waals surface area contributed by atoms with Crippen molar-refractivity contribution in [3.05, 3.63) is 28.0 Å². The van der Waals surface area contributed by atoms with Crippen LogP contribution in [0, 0.1) is 0 Å². The van der Waals surface area contributed by atoms with Gasteiger partial charge in [-0.25, -0.2) is 4.98 Å². The van der Waals surface area contributed by atoms with Crippen LogP contribution in [0.4, 0.5) is 0 Å². The molecule has 0 bridgehead atoms. The van der Waals surface area contributed by atoms with Gasteiger partial charge in [-0.1, -0.05) is 30.1 Å². The highest BCUT2D eigenvalue weighted by Crippen LogP contribution is 2.23. The smallest absolute Gasteiger partial charge is 0.130 e. The van der Waals surface area contributed by atoms with Crippen LogP contribution in [-0.4, -0.2) is 35.2 Å². The second kappa shape index (κ2) is 6.20. The molecule has 0 radical (unpaired) electrons. The van der Waals surface area contributed by atoms with Crippen molar-refractivity contribution in [1.82, 2.24) is 9.88 Å². The highest BCUT2D eigenvalue weighted by Gasteiger charge is 2.25. The quantitative estimate of drug-likeness (QED) is 0.798. The van der Waals surface area contributed by atoms with Crippen LogP contribution in [0.5, 0.6) is 0 Å². The number of aromatic nitrogens is 1. The number of nitrogens with zero attached hydrogens (tertiary/aromatic N) is 2. The zero-order valence-corrected chi connectivity index (χ0v) is 12.2. The summed E-state index contributed by atoms with van der Waals surface area (Å²) in [7, 11) is 0. The third kappa shape index (κ3) is 3.35. The van der Waals surface area contributed by atoms with Crippen molar-refractivity contribution in [3.63, 3.8) is 0 Å². The summed E-state index contributed by atoms with van der Waals surface area (Å²) in [6.07, 6.45) is 3.11. The van der Waals surface area contributed by atoms with Gasteiger partial charge in [0.1, 0.15) is 5.15 Å². The standard InChI is InChI=1S/C13H18Cl2N2O/c1-3-11-8-18-9(2)6-17(11)7-10-5-16-13(15)4-12(10)14/h4-5,9,11H,3,6-8H2,1-2H3. The summed E-state index contributed by atoms with van der Waals surface area (Å²) in [6.45, 7) is 6.79. The Bertz CT molecular complexity index is 414. The molecular formula is C13H18Cl2N2O. The fraction of sp³-hybridized carbons (Fsp3) is 0.615. The number of pyridine rings is 1. The number of hydrogen-bond donors (Lipinski definition) is 0. The minimum atomic E-state index is 0.270. The van der Waals surface area contributed by atoms with Gasteiger partial charge < -0.3 is 4.74 Å². The first-order valence-corrected chi connectivity index (χ1v) is 7.01. The van der Waals surface area contributed by atoms with Crippen LogP contribution in [-0.2, 0) is 11.3 Å². The van der Waals surface area contributed by atoms with Gasteiger partial charge in [-0.15, -0.1) is 0 Å². The maximum absolute atomic E-state index is 6.19. The molecule has 1 saturated heterocycles. The van der Waals surface area contributed by atoms with E-state index in [4.69, 9.17) is 27.9 Å². The summed E-state index contributed by atoms with van der Waals surface area (Å²) in [5.74, 6) is 0. The number of hydrogen-bond acceptors (Lipinski definition) is 3. The molecule has 0 spiro atoms. The second-order valence-electron chi connectivity index (χ2n) is 4.73. The minimum Gasteiger partial charge on any atom is -0.376 e. The Morgan fingerprint density at radius 3 is 2.94 bits per heavy atom. The molecule has 2 atom stereocenters. The van der Waals surface area contributed by atoms with Crippen LogP contribution in [0.1, 0.15) is 25.8 Å². The largest absolute Gasteiger partial charge is 0.376 e. The molecule has 5 heteroatoms. The molecule has 1 aromatic heterocycles. The van der Waals surface area contributed by atoms with Crippen LogP contribution in [0.25, 0.3) is 0 Å². The number of rotatable bonds is 3. The highest BCUT2D eigenvalue weighted by atomic mass is 35.5. The van der Waals surface area contributed by atoms with Crippen LogP contribution < -0.4 is 0 Å². The topological polar surface area (TPSA) is 25.4 Å². The first kappa shape index (κ1) is 14.1. The molecule has 2 heterocycles. The summed E-state index contributed by atoms with van der Waals surface area (Å²) < 4.78 is 5.69. The molecule has 3 nitrogen and oxygen atoms in total. The lowest BCUT2D eigenvalue weighted by Crippen LogP contribution is -2.47. The first-order chi connectivity index (χ1) is 8.60. The van der Waals surface area contributed by atoms with Crippen molar-refractivity contribution in [2.45, 2.75) is 39.0 Å². The third-order valence-corrected chi connectivity index (χ3v) is 3.88. The Kier molecular flexibility index (Phi) is 4.84. The molecule has 1 aromatic rings. The predicted octanol–water partition coefficient (Wildman–Crippen LogP) is 3.39. The number of halogens is 2. The average Bonchev–Trinajstić information content (AvgIpc) is 2.33. The van der Waals surface area contributed by atoms with E-state index in [1.807, 2.05) is 0 Å². The van der Waals surface area contributed by atoms with E-state index in [2.05, 4.69) is 23.7 Å². The second-order valence-corrected chi connectivity index (χ2v) is 5.53. The lowest BCUT2D eigenvalue weighted by Gasteiger charge is -2.38. The fourth-order valence-electron chi connectivity index (χ4n) is 2.25. The van der Waals surface area contributed by atoms with Crippen molar-refractivity contribution < 1.29 is 4.74 Å². The van der Waals surface area contributed by atoms with Gasteiger partial charge in [0.15, 0.2) is 0 Å². The molecule has 0 N–H and O–H groups in total. The fourth-order valence-corrected chi connectivity index (χ4v) is 2.68. The molecule has 0 amide bonds. The predicted molar refractivity (Wildman–Crippen MR) is 74.2 cm³/mol. The van der Waals surface area contributed by atoms with Crippen LogP contribution in [0.15, 0.2) is 12.3 Å². The molecule has 18 heavy (non-hydrogen) atoms. The molecule has 0 saturated carbocycles. The summed E-state index contributed by atoms with van der Waals surface area (Å²) in [5.41, 5.74) is 1.02. The van der Waals surface area contributed by atoms with E-state index in [0.29, 0.717) is 16.2 Å². The van der Waals surface area contributed by atoms with E-state index in [1.54, 1.807) is 12.3 Å². The van der Waals surface area contributed by atoms with Crippen LogP contribution in [0.2, 0.25) is 10.2 Å². The van der Waals surface area contributed by atoms with Crippen molar-refractivity contribution in [2.24, 2.45) is 0 Å². The molecular weight excluding hydrogens is 271 g/mol. The summed E-state index contributed by atoms with van der Waals surface area (Å²) in [5, 5.41) is 1.12. The minimum absolute atomic E-state index is 0.270. The van der Waals surface area contributed by atoms with Gasteiger partial charge in [-0.05, 0) is 19.4 Å². The Labute approximate surface area is 118 Å². The zero-order valence-electron chi connectivity index (χ0n) is 10.7. The van der Waals surface area contributed by atoms with E-state index >= 15 is 0 Å².